The van der Waals surface area contributed by atoms with Crippen molar-refractivity contribution in [1.29, 1.82) is 0 Å². The molecule has 1 atom stereocenters. The molecule has 6 heteroatoms. The summed E-state index contributed by atoms with van der Waals surface area (Å²) in [6.07, 6.45) is 1.15. The highest BCUT2D eigenvalue weighted by atomic mass is 127. The summed E-state index contributed by atoms with van der Waals surface area (Å²) in [4.78, 5) is 6.59. The van der Waals surface area contributed by atoms with Gasteiger partial charge in [0.25, 0.3) is 0 Å². The zero-order valence-electron chi connectivity index (χ0n) is 10.7. The molecular formula is C11H24IN3O2. The lowest BCUT2D eigenvalue weighted by molar-refractivity contribution is 0.157. The molecule has 0 radical (unpaired) electrons. The van der Waals surface area contributed by atoms with Crippen LogP contribution in [0.25, 0.3) is 0 Å². The lowest BCUT2D eigenvalue weighted by Crippen LogP contribution is -2.40. The summed E-state index contributed by atoms with van der Waals surface area (Å²) in [5.74, 6) is 1.51. The number of likely N-dealkylation sites (tertiary alicyclic amines) is 1. The summed E-state index contributed by atoms with van der Waals surface area (Å²) < 4.78 is 5.17. The van der Waals surface area contributed by atoms with Gasteiger partial charge in [0.2, 0.25) is 0 Å². The molecule has 0 aliphatic carbocycles. The summed E-state index contributed by atoms with van der Waals surface area (Å²) >= 11 is 0. The number of ether oxygens (including phenoxy) is 1. The smallest absolute Gasteiger partial charge is 0.194 e. The lowest BCUT2D eigenvalue weighted by Gasteiger charge is -2.21. The number of hydrogen-bond acceptors (Lipinski definition) is 3. The minimum Gasteiger partial charge on any atom is -0.394 e. The Bertz CT molecular complexity index is 227. The molecule has 1 unspecified atom stereocenters. The second-order valence-corrected chi connectivity index (χ2v) is 4.02. The molecule has 1 aliphatic rings. The third-order valence-corrected chi connectivity index (χ3v) is 2.68. The number of nitrogens with one attached hydrogen (secondary N) is 1. The van der Waals surface area contributed by atoms with Crippen molar-refractivity contribution in [1.82, 2.24) is 10.2 Å². The maximum absolute atomic E-state index is 8.79. The molecule has 0 saturated carbocycles. The molecular weight excluding hydrogens is 333 g/mol. The monoisotopic (exact) mass is 357 g/mol. The molecule has 2 N–H and O–H groups in total. The van der Waals surface area contributed by atoms with E-state index in [-0.39, 0.29) is 30.6 Å². The van der Waals surface area contributed by atoms with Gasteiger partial charge in [-0.15, -0.1) is 24.0 Å². The normalized spacial score (nSPS) is 20.3. The first-order valence-electron chi connectivity index (χ1n) is 5.94. The zero-order chi connectivity index (χ0) is 11.8. The molecule has 0 spiro atoms. The fourth-order valence-corrected chi connectivity index (χ4v) is 1.98. The van der Waals surface area contributed by atoms with Crippen molar-refractivity contribution in [3.05, 3.63) is 0 Å². The molecule has 0 aromatic rings. The topological polar surface area (TPSA) is 57.1 Å². The van der Waals surface area contributed by atoms with Crippen LogP contribution in [0.4, 0.5) is 0 Å². The Morgan fingerprint density at radius 1 is 1.59 bits per heavy atom. The van der Waals surface area contributed by atoms with Crippen LogP contribution in [0.2, 0.25) is 0 Å². The van der Waals surface area contributed by atoms with Gasteiger partial charge in [0.1, 0.15) is 0 Å². The number of aliphatic hydroxyl groups is 1. The van der Waals surface area contributed by atoms with Crippen LogP contribution >= 0.6 is 24.0 Å². The summed E-state index contributed by atoms with van der Waals surface area (Å²) in [7, 11) is 1.74. The summed E-state index contributed by atoms with van der Waals surface area (Å²) in [5.41, 5.74) is 0. The van der Waals surface area contributed by atoms with Crippen molar-refractivity contribution in [2.45, 2.75) is 13.3 Å². The first-order chi connectivity index (χ1) is 7.81. The van der Waals surface area contributed by atoms with Crippen molar-refractivity contribution in [2.75, 3.05) is 46.5 Å². The van der Waals surface area contributed by atoms with Gasteiger partial charge < -0.3 is 20.1 Å². The number of nitrogens with zero attached hydrogens (tertiary/aromatic N) is 2. The molecule has 1 fully saturated rings. The van der Waals surface area contributed by atoms with Gasteiger partial charge in [-0.05, 0) is 13.3 Å². The Balaban J connectivity index is 0.00000256. The van der Waals surface area contributed by atoms with Crippen molar-refractivity contribution in [3.8, 4) is 0 Å². The van der Waals surface area contributed by atoms with Crippen LogP contribution in [0, 0.1) is 5.92 Å². The SMILES string of the molecule is CCNC(=NCCO)N1CCC(COC)C1.I. The van der Waals surface area contributed by atoms with E-state index in [0.29, 0.717) is 12.5 Å². The molecule has 1 aliphatic heterocycles. The maximum Gasteiger partial charge on any atom is 0.194 e. The molecule has 102 valence electrons. The van der Waals surface area contributed by atoms with Crippen LogP contribution in [0.15, 0.2) is 4.99 Å². The number of rotatable bonds is 5. The first kappa shape index (κ1) is 16.9. The molecule has 0 bridgehead atoms. The van der Waals surface area contributed by atoms with Gasteiger partial charge in [-0.3, -0.25) is 4.99 Å². The Labute approximate surface area is 121 Å². The minimum atomic E-state index is 0. The fraction of sp³-hybridized carbons (Fsp3) is 0.909. The highest BCUT2D eigenvalue weighted by Gasteiger charge is 2.24. The molecule has 0 aromatic carbocycles. The molecule has 1 heterocycles. The molecule has 0 amide bonds. The Morgan fingerprint density at radius 3 is 2.94 bits per heavy atom. The van der Waals surface area contributed by atoms with Crippen molar-refractivity contribution in [3.63, 3.8) is 0 Å². The molecule has 5 nitrogen and oxygen atoms in total. The number of aliphatic hydroxyl groups excluding tert-OH is 1. The van der Waals surface area contributed by atoms with Crippen molar-refractivity contribution in [2.24, 2.45) is 10.9 Å². The van der Waals surface area contributed by atoms with Crippen molar-refractivity contribution >= 4 is 29.9 Å². The van der Waals surface area contributed by atoms with Crippen LogP contribution in [-0.2, 0) is 4.74 Å². The zero-order valence-corrected chi connectivity index (χ0v) is 13.0. The predicted molar refractivity (Wildman–Crippen MR) is 80.0 cm³/mol. The number of guanidine groups is 1. The van der Waals surface area contributed by atoms with E-state index < -0.39 is 0 Å². The predicted octanol–water partition coefficient (Wildman–Crippen LogP) is 0.530. The van der Waals surface area contributed by atoms with E-state index in [0.717, 1.165) is 38.6 Å². The average molecular weight is 357 g/mol. The highest BCUT2D eigenvalue weighted by Crippen LogP contribution is 2.16. The Morgan fingerprint density at radius 2 is 2.35 bits per heavy atom. The number of hydrogen-bond donors (Lipinski definition) is 2. The summed E-state index contributed by atoms with van der Waals surface area (Å²) in [5, 5.41) is 12.0. The minimum absolute atomic E-state index is 0. The quantitative estimate of drug-likeness (QED) is 0.428. The summed E-state index contributed by atoms with van der Waals surface area (Å²) in [6.45, 7) is 6.30. The number of halogens is 1. The molecule has 1 saturated heterocycles. The van der Waals surface area contributed by atoms with E-state index in [4.69, 9.17) is 9.84 Å². The number of aliphatic imine (C=N–C) groups is 1. The van der Waals surface area contributed by atoms with Crippen LogP contribution in [-0.4, -0.2) is 62.5 Å². The van der Waals surface area contributed by atoms with Gasteiger partial charge in [0.15, 0.2) is 5.96 Å². The van der Waals surface area contributed by atoms with Crippen LogP contribution in [0.3, 0.4) is 0 Å². The van der Waals surface area contributed by atoms with Crippen LogP contribution < -0.4 is 5.32 Å². The van der Waals surface area contributed by atoms with Gasteiger partial charge in [0, 0.05) is 32.7 Å². The van der Waals surface area contributed by atoms with Crippen LogP contribution in [0.5, 0.6) is 0 Å². The third kappa shape index (κ3) is 5.87. The van der Waals surface area contributed by atoms with E-state index in [1.54, 1.807) is 7.11 Å². The highest BCUT2D eigenvalue weighted by molar-refractivity contribution is 14.0. The molecule has 17 heavy (non-hydrogen) atoms. The van der Waals surface area contributed by atoms with E-state index in [1.807, 2.05) is 0 Å². The Hall–Kier alpha value is -0.0800. The second-order valence-electron chi connectivity index (χ2n) is 4.02. The van der Waals surface area contributed by atoms with Gasteiger partial charge in [-0.2, -0.15) is 0 Å². The van der Waals surface area contributed by atoms with Crippen molar-refractivity contribution < 1.29 is 9.84 Å². The van der Waals surface area contributed by atoms with Gasteiger partial charge >= 0.3 is 0 Å². The molecule has 0 aromatic heterocycles. The maximum atomic E-state index is 8.79. The average Bonchev–Trinajstić information content (AvgIpc) is 2.73. The fourth-order valence-electron chi connectivity index (χ4n) is 1.98. The van der Waals surface area contributed by atoms with Gasteiger partial charge in [-0.1, -0.05) is 0 Å². The Kier molecular flexibility index (Phi) is 9.85. The van der Waals surface area contributed by atoms with E-state index >= 15 is 0 Å². The largest absolute Gasteiger partial charge is 0.394 e. The van der Waals surface area contributed by atoms with E-state index in [2.05, 4.69) is 22.1 Å². The second kappa shape index (κ2) is 9.90. The standard InChI is InChI=1S/C11H23N3O2.HI/c1-3-12-11(13-5-7-15)14-6-4-10(8-14)9-16-2;/h10,15H,3-9H2,1-2H3,(H,12,13);1H. The first-order valence-corrected chi connectivity index (χ1v) is 5.94. The lowest BCUT2D eigenvalue weighted by atomic mass is 10.1. The molecule has 1 rings (SSSR count). The third-order valence-electron chi connectivity index (χ3n) is 2.68. The van der Waals surface area contributed by atoms with Gasteiger partial charge in [0.05, 0.1) is 19.8 Å². The van der Waals surface area contributed by atoms with E-state index in [1.165, 1.54) is 0 Å². The summed E-state index contributed by atoms with van der Waals surface area (Å²) in [6, 6.07) is 0. The van der Waals surface area contributed by atoms with Gasteiger partial charge in [-0.25, -0.2) is 0 Å². The van der Waals surface area contributed by atoms with E-state index in [9.17, 15) is 0 Å². The number of methoxy groups -OCH3 is 1. The van der Waals surface area contributed by atoms with Crippen LogP contribution in [0.1, 0.15) is 13.3 Å².